The van der Waals surface area contributed by atoms with Gasteiger partial charge in [0.2, 0.25) is 0 Å². The van der Waals surface area contributed by atoms with Crippen LogP contribution < -0.4 is 5.32 Å². The molecule has 1 fully saturated rings. The Morgan fingerprint density at radius 2 is 2.06 bits per heavy atom. The molecule has 2 N–H and O–H groups in total. The van der Waals surface area contributed by atoms with Crippen LogP contribution in [0.4, 0.5) is 13.2 Å². The van der Waals surface area contributed by atoms with E-state index in [4.69, 9.17) is 0 Å². The molecular formula is C12H22F3NO. The lowest BCUT2D eigenvalue weighted by Gasteiger charge is -2.37. The molecule has 0 aromatic carbocycles. The zero-order valence-electron chi connectivity index (χ0n) is 10.5. The van der Waals surface area contributed by atoms with Crippen LogP contribution in [-0.2, 0) is 0 Å². The SMILES string of the molecule is CC(C)CNC[C@@]1(O)CCC[C@H](C(F)(F)F)C1. The molecule has 0 bridgehead atoms. The molecule has 0 unspecified atom stereocenters. The molecule has 0 aromatic heterocycles. The second kappa shape index (κ2) is 5.57. The number of halogens is 3. The number of rotatable bonds is 4. The highest BCUT2D eigenvalue weighted by molar-refractivity contribution is 4.90. The molecule has 102 valence electrons. The third-order valence-electron chi connectivity index (χ3n) is 3.29. The Labute approximate surface area is 101 Å². The van der Waals surface area contributed by atoms with E-state index in [1.165, 1.54) is 0 Å². The van der Waals surface area contributed by atoms with Gasteiger partial charge in [0, 0.05) is 6.54 Å². The van der Waals surface area contributed by atoms with Gasteiger partial charge in [-0.15, -0.1) is 0 Å². The van der Waals surface area contributed by atoms with Gasteiger partial charge in [0.1, 0.15) is 0 Å². The summed E-state index contributed by atoms with van der Waals surface area (Å²) in [6.45, 7) is 5.03. The molecule has 0 heterocycles. The van der Waals surface area contributed by atoms with Crippen molar-refractivity contribution in [1.29, 1.82) is 0 Å². The summed E-state index contributed by atoms with van der Waals surface area (Å²) in [7, 11) is 0. The highest BCUT2D eigenvalue weighted by Gasteiger charge is 2.46. The van der Waals surface area contributed by atoms with Crippen molar-refractivity contribution in [2.45, 2.75) is 51.3 Å². The lowest BCUT2D eigenvalue weighted by atomic mass is 9.77. The summed E-state index contributed by atoms with van der Waals surface area (Å²) in [5.41, 5.74) is -1.19. The van der Waals surface area contributed by atoms with Gasteiger partial charge in [-0.3, -0.25) is 0 Å². The van der Waals surface area contributed by atoms with Crippen molar-refractivity contribution in [1.82, 2.24) is 5.32 Å². The first kappa shape index (κ1) is 14.8. The molecule has 0 aliphatic heterocycles. The minimum Gasteiger partial charge on any atom is -0.389 e. The molecule has 17 heavy (non-hydrogen) atoms. The molecular weight excluding hydrogens is 231 g/mol. The Hall–Kier alpha value is -0.290. The van der Waals surface area contributed by atoms with Crippen LogP contribution in [-0.4, -0.2) is 30.0 Å². The van der Waals surface area contributed by atoms with Crippen molar-refractivity contribution >= 4 is 0 Å². The van der Waals surface area contributed by atoms with Gasteiger partial charge in [-0.2, -0.15) is 13.2 Å². The van der Waals surface area contributed by atoms with E-state index in [0.717, 1.165) is 6.54 Å². The maximum Gasteiger partial charge on any atom is 0.391 e. The van der Waals surface area contributed by atoms with Crippen molar-refractivity contribution in [2.24, 2.45) is 11.8 Å². The van der Waals surface area contributed by atoms with Crippen molar-refractivity contribution in [3.63, 3.8) is 0 Å². The number of hydrogen-bond donors (Lipinski definition) is 2. The number of alkyl halides is 3. The van der Waals surface area contributed by atoms with Gasteiger partial charge in [-0.05, 0) is 38.1 Å². The molecule has 0 spiro atoms. The third kappa shape index (κ3) is 4.84. The van der Waals surface area contributed by atoms with Gasteiger partial charge >= 0.3 is 6.18 Å². The third-order valence-corrected chi connectivity index (χ3v) is 3.29. The maximum absolute atomic E-state index is 12.6. The summed E-state index contributed by atoms with van der Waals surface area (Å²) in [5, 5.41) is 13.2. The Balaban J connectivity index is 2.46. The minimum absolute atomic E-state index is 0.149. The maximum atomic E-state index is 12.6. The molecule has 1 aliphatic carbocycles. The van der Waals surface area contributed by atoms with Gasteiger partial charge in [0.05, 0.1) is 11.5 Å². The van der Waals surface area contributed by atoms with E-state index < -0.39 is 17.7 Å². The minimum atomic E-state index is -4.17. The fourth-order valence-corrected chi connectivity index (χ4v) is 2.37. The Kier molecular flexibility index (Phi) is 4.84. The fraction of sp³-hybridized carbons (Fsp3) is 1.00. The topological polar surface area (TPSA) is 32.3 Å². The molecule has 0 saturated heterocycles. The standard InChI is InChI=1S/C12H22F3NO/c1-9(2)7-16-8-11(17)5-3-4-10(6-11)12(13,14)15/h9-10,16-17H,3-8H2,1-2H3/t10-,11+/m0/s1. The van der Waals surface area contributed by atoms with E-state index in [2.05, 4.69) is 5.32 Å². The van der Waals surface area contributed by atoms with E-state index >= 15 is 0 Å². The molecule has 1 rings (SSSR count). The van der Waals surface area contributed by atoms with Gasteiger partial charge in [-0.1, -0.05) is 13.8 Å². The lowest BCUT2D eigenvalue weighted by molar-refractivity contribution is -0.200. The van der Waals surface area contributed by atoms with Crippen LogP contribution in [0.2, 0.25) is 0 Å². The first-order valence-electron chi connectivity index (χ1n) is 6.23. The number of hydrogen-bond acceptors (Lipinski definition) is 2. The molecule has 1 aliphatic rings. The van der Waals surface area contributed by atoms with Crippen LogP contribution in [0.5, 0.6) is 0 Å². The molecule has 5 heteroatoms. The van der Waals surface area contributed by atoms with E-state index in [0.29, 0.717) is 18.8 Å². The average molecular weight is 253 g/mol. The van der Waals surface area contributed by atoms with Crippen molar-refractivity contribution < 1.29 is 18.3 Å². The van der Waals surface area contributed by atoms with Gasteiger partial charge in [0.15, 0.2) is 0 Å². The summed E-state index contributed by atoms with van der Waals surface area (Å²) in [6.07, 6.45) is -3.28. The van der Waals surface area contributed by atoms with Crippen LogP contribution >= 0.6 is 0 Å². The van der Waals surface area contributed by atoms with Crippen LogP contribution in [0, 0.1) is 11.8 Å². The van der Waals surface area contributed by atoms with Gasteiger partial charge in [0.25, 0.3) is 0 Å². The zero-order chi connectivity index (χ0) is 13.1. The summed E-state index contributed by atoms with van der Waals surface area (Å²) in [6, 6.07) is 0. The summed E-state index contributed by atoms with van der Waals surface area (Å²) >= 11 is 0. The van der Waals surface area contributed by atoms with Crippen molar-refractivity contribution in [2.75, 3.05) is 13.1 Å². The van der Waals surface area contributed by atoms with Gasteiger partial charge < -0.3 is 10.4 Å². The quantitative estimate of drug-likeness (QED) is 0.807. The first-order chi connectivity index (χ1) is 7.73. The predicted octanol–water partition coefficient (Wildman–Crippen LogP) is 2.72. The summed E-state index contributed by atoms with van der Waals surface area (Å²) in [4.78, 5) is 0. The van der Waals surface area contributed by atoms with Crippen LogP contribution in [0.15, 0.2) is 0 Å². The average Bonchev–Trinajstić information content (AvgIpc) is 2.15. The Morgan fingerprint density at radius 1 is 1.41 bits per heavy atom. The highest BCUT2D eigenvalue weighted by atomic mass is 19.4. The molecule has 0 aromatic rings. The lowest BCUT2D eigenvalue weighted by Crippen LogP contribution is -2.47. The van der Waals surface area contributed by atoms with E-state index in [-0.39, 0.29) is 19.4 Å². The molecule has 1 saturated carbocycles. The first-order valence-corrected chi connectivity index (χ1v) is 6.23. The van der Waals surface area contributed by atoms with Gasteiger partial charge in [-0.25, -0.2) is 0 Å². The van der Waals surface area contributed by atoms with Crippen molar-refractivity contribution in [3.05, 3.63) is 0 Å². The largest absolute Gasteiger partial charge is 0.391 e. The number of aliphatic hydroxyl groups is 1. The second-order valence-electron chi connectivity index (χ2n) is 5.58. The van der Waals surface area contributed by atoms with E-state index in [1.807, 2.05) is 13.8 Å². The Bertz CT molecular complexity index is 242. The smallest absolute Gasteiger partial charge is 0.389 e. The van der Waals surface area contributed by atoms with Crippen molar-refractivity contribution in [3.8, 4) is 0 Å². The molecule has 2 atom stereocenters. The monoisotopic (exact) mass is 253 g/mol. The summed E-state index contributed by atoms with van der Waals surface area (Å²) in [5.74, 6) is -0.914. The zero-order valence-corrected chi connectivity index (χ0v) is 10.5. The van der Waals surface area contributed by atoms with Crippen LogP contribution in [0.3, 0.4) is 0 Å². The fourth-order valence-electron chi connectivity index (χ4n) is 2.37. The summed E-state index contributed by atoms with van der Waals surface area (Å²) < 4.78 is 37.8. The van der Waals surface area contributed by atoms with Crippen LogP contribution in [0.1, 0.15) is 39.5 Å². The number of nitrogens with one attached hydrogen (secondary N) is 1. The predicted molar refractivity (Wildman–Crippen MR) is 60.7 cm³/mol. The normalized spacial score (nSPS) is 30.9. The van der Waals surface area contributed by atoms with E-state index in [9.17, 15) is 18.3 Å². The molecule has 2 nitrogen and oxygen atoms in total. The second-order valence-corrected chi connectivity index (χ2v) is 5.58. The van der Waals surface area contributed by atoms with Crippen LogP contribution in [0.25, 0.3) is 0 Å². The molecule has 0 amide bonds. The Morgan fingerprint density at radius 3 is 2.59 bits per heavy atom. The molecule has 0 radical (unpaired) electrons. The highest BCUT2D eigenvalue weighted by Crippen LogP contribution is 2.41. The van der Waals surface area contributed by atoms with E-state index in [1.54, 1.807) is 0 Å².